The number of nitrogens with zero attached hydrogens (tertiary/aromatic N) is 1. The van der Waals surface area contributed by atoms with Gasteiger partial charge >= 0.3 is 5.97 Å². The average molecular weight is 313 g/mol. The third kappa shape index (κ3) is 4.20. The van der Waals surface area contributed by atoms with Crippen LogP contribution in [0.15, 0.2) is 0 Å². The van der Waals surface area contributed by atoms with Crippen LogP contribution in [0.4, 0.5) is 0 Å². The number of hydrogen-bond acceptors (Lipinski definition) is 4. The van der Waals surface area contributed by atoms with Crippen molar-refractivity contribution in [1.29, 1.82) is 0 Å². The first-order valence-electron chi connectivity index (χ1n) is 8.19. The molecule has 2 unspecified atom stereocenters. The van der Waals surface area contributed by atoms with Gasteiger partial charge in [0.2, 0.25) is 5.91 Å². The molecule has 0 bridgehead atoms. The van der Waals surface area contributed by atoms with Crippen molar-refractivity contribution in [3.8, 4) is 0 Å². The van der Waals surface area contributed by atoms with Gasteiger partial charge in [0.15, 0.2) is 0 Å². The van der Waals surface area contributed by atoms with E-state index >= 15 is 0 Å². The van der Waals surface area contributed by atoms with Crippen LogP contribution in [0.25, 0.3) is 0 Å². The fourth-order valence-electron chi connectivity index (χ4n) is 3.45. The summed E-state index contributed by atoms with van der Waals surface area (Å²) in [4.78, 5) is 25.7. The summed E-state index contributed by atoms with van der Waals surface area (Å²) in [5.74, 6) is -0.835. The summed E-state index contributed by atoms with van der Waals surface area (Å²) in [6.45, 7) is 1.83. The number of carbonyl (C=O) groups is 2. The molecule has 0 saturated carbocycles. The second-order valence-electron chi connectivity index (χ2n) is 6.46. The van der Waals surface area contributed by atoms with Crippen molar-refractivity contribution < 1.29 is 24.2 Å². The lowest BCUT2D eigenvalue weighted by Gasteiger charge is -2.39. The van der Waals surface area contributed by atoms with Crippen LogP contribution in [-0.4, -0.2) is 61.4 Å². The second-order valence-corrected chi connectivity index (χ2v) is 6.46. The maximum atomic E-state index is 12.4. The molecule has 2 saturated heterocycles. The summed E-state index contributed by atoms with van der Waals surface area (Å²) in [6, 6.07) is 0. The standard InChI is InChI=1S/C16H27NO5/c1-21-12-16(15(19)20)8-4-9-17(11-16)14(18)7-6-13-5-2-3-10-22-13/h13H,2-12H2,1H3,(H,19,20). The van der Waals surface area contributed by atoms with Gasteiger partial charge in [-0.3, -0.25) is 9.59 Å². The maximum Gasteiger partial charge on any atom is 0.313 e. The first-order valence-corrected chi connectivity index (χ1v) is 8.19. The molecular formula is C16H27NO5. The number of likely N-dealkylation sites (tertiary alicyclic amines) is 1. The molecule has 2 aliphatic rings. The minimum Gasteiger partial charge on any atom is -0.481 e. The van der Waals surface area contributed by atoms with E-state index in [1.807, 2.05) is 0 Å². The van der Waals surface area contributed by atoms with Gasteiger partial charge in [0, 0.05) is 33.2 Å². The largest absolute Gasteiger partial charge is 0.481 e. The third-order valence-corrected chi connectivity index (χ3v) is 4.76. The fraction of sp³-hybridized carbons (Fsp3) is 0.875. The summed E-state index contributed by atoms with van der Waals surface area (Å²) in [5, 5.41) is 9.52. The molecule has 2 heterocycles. The van der Waals surface area contributed by atoms with Gasteiger partial charge in [0.05, 0.1) is 12.7 Å². The topological polar surface area (TPSA) is 76.1 Å². The molecule has 6 nitrogen and oxygen atoms in total. The summed E-state index contributed by atoms with van der Waals surface area (Å²) >= 11 is 0. The van der Waals surface area contributed by atoms with Crippen LogP contribution >= 0.6 is 0 Å². The molecule has 1 N–H and O–H groups in total. The van der Waals surface area contributed by atoms with Crippen LogP contribution in [0.5, 0.6) is 0 Å². The van der Waals surface area contributed by atoms with Gasteiger partial charge in [0.1, 0.15) is 5.41 Å². The number of hydrogen-bond donors (Lipinski definition) is 1. The van der Waals surface area contributed by atoms with Crippen molar-refractivity contribution in [2.45, 2.75) is 51.0 Å². The number of rotatable bonds is 6. The molecule has 6 heteroatoms. The molecule has 22 heavy (non-hydrogen) atoms. The van der Waals surface area contributed by atoms with E-state index in [1.165, 1.54) is 13.5 Å². The number of piperidine rings is 1. The normalized spacial score (nSPS) is 29.3. The van der Waals surface area contributed by atoms with Gasteiger partial charge in [-0.15, -0.1) is 0 Å². The predicted molar refractivity (Wildman–Crippen MR) is 80.6 cm³/mol. The van der Waals surface area contributed by atoms with Gasteiger partial charge < -0.3 is 19.5 Å². The van der Waals surface area contributed by atoms with Crippen molar-refractivity contribution in [3.63, 3.8) is 0 Å². The molecule has 2 fully saturated rings. The average Bonchev–Trinajstić information content (AvgIpc) is 2.54. The highest BCUT2D eigenvalue weighted by Gasteiger charge is 2.43. The van der Waals surface area contributed by atoms with E-state index in [9.17, 15) is 14.7 Å². The van der Waals surface area contributed by atoms with Gasteiger partial charge in [-0.2, -0.15) is 0 Å². The van der Waals surface area contributed by atoms with Crippen LogP contribution < -0.4 is 0 Å². The fourth-order valence-corrected chi connectivity index (χ4v) is 3.45. The highest BCUT2D eigenvalue weighted by Crippen LogP contribution is 2.31. The monoisotopic (exact) mass is 313 g/mol. The molecule has 0 spiro atoms. The molecule has 0 radical (unpaired) electrons. The van der Waals surface area contributed by atoms with E-state index in [-0.39, 0.29) is 25.2 Å². The minimum absolute atomic E-state index is 0.0376. The van der Waals surface area contributed by atoms with Gasteiger partial charge in [-0.05, 0) is 38.5 Å². The summed E-state index contributed by atoms with van der Waals surface area (Å²) in [7, 11) is 1.51. The van der Waals surface area contributed by atoms with E-state index in [0.29, 0.717) is 25.8 Å². The van der Waals surface area contributed by atoms with Gasteiger partial charge in [0.25, 0.3) is 0 Å². The molecular weight excluding hydrogens is 286 g/mol. The van der Waals surface area contributed by atoms with E-state index in [1.54, 1.807) is 4.90 Å². The Balaban J connectivity index is 1.87. The molecule has 0 aliphatic carbocycles. The number of carboxylic acid groups (broad SMARTS) is 1. The predicted octanol–water partition coefficient (Wildman–Crippen LogP) is 1.68. The molecule has 126 valence electrons. The SMILES string of the molecule is COCC1(C(=O)O)CCCN(C(=O)CCC2CCCCO2)C1. The Kier molecular flexibility index (Phi) is 6.20. The van der Waals surface area contributed by atoms with E-state index < -0.39 is 11.4 Å². The zero-order chi connectivity index (χ0) is 16.0. The molecule has 0 aromatic rings. The lowest BCUT2D eigenvalue weighted by molar-refractivity contribution is -0.159. The number of methoxy groups -OCH3 is 1. The Morgan fingerprint density at radius 3 is 2.82 bits per heavy atom. The molecule has 0 aromatic carbocycles. The van der Waals surface area contributed by atoms with Gasteiger partial charge in [-0.25, -0.2) is 0 Å². The smallest absolute Gasteiger partial charge is 0.313 e. The van der Waals surface area contributed by atoms with Crippen molar-refractivity contribution in [3.05, 3.63) is 0 Å². The Morgan fingerprint density at radius 1 is 1.36 bits per heavy atom. The molecule has 2 aliphatic heterocycles. The Morgan fingerprint density at radius 2 is 2.18 bits per heavy atom. The first-order chi connectivity index (χ1) is 10.6. The quantitative estimate of drug-likeness (QED) is 0.807. The van der Waals surface area contributed by atoms with Crippen LogP contribution in [-0.2, 0) is 19.1 Å². The number of amides is 1. The molecule has 2 atom stereocenters. The van der Waals surface area contributed by atoms with Crippen LogP contribution in [0.1, 0.15) is 44.9 Å². The van der Waals surface area contributed by atoms with E-state index in [4.69, 9.17) is 9.47 Å². The summed E-state index contributed by atoms with van der Waals surface area (Å²) in [6.07, 6.45) is 5.93. The van der Waals surface area contributed by atoms with Gasteiger partial charge in [-0.1, -0.05) is 0 Å². The molecule has 0 aromatic heterocycles. The van der Waals surface area contributed by atoms with Crippen molar-refractivity contribution >= 4 is 11.9 Å². The first kappa shape index (κ1) is 17.2. The Bertz CT molecular complexity index is 390. The lowest BCUT2D eigenvalue weighted by Crippen LogP contribution is -2.52. The van der Waals surface area contributed by atoms with Crippen molar-refractivity contribution in [2.75, 3.05) is 33.4 Å². The zero-order valence-corrected chi connectivity index (χ0v) is 13.4. The number of carboxylic acids is 1. The third-order valence-electron chi connectivity index (χ3n) is 4.76. The summed E-state index contributed by atoms with van der Waals surface area (Å²) < 4.78 is 10.7. The van der Waals surface area contributed by atoms with Crippen LogP contribution in [0.3, 0.4) is 0 Å². The van der Waals surface area contributed by atoms with Crippen LogP contribution in [0, 0.1) is 5.41 Å². The maximum absolute atomic E-state index is 12.4. The van der Waals surface area contributed by atoms with E-state index in [0.717, 1.165) is 25.9 Å². The second kappa shape index (κ2) is 7.92. The minimum atomic E-state index is -0.954. The molecule has 2 rings (SSSR count). The van der Waals surface area contributed by atoms with Crippen molar-refractivity contribution in [1.82, 2.24) is 4.90 Å². The van der Waals surface area contributed by atoms with Crippen LogP contribution in [0.2, 0.25) is 0 Å². The number of aliphatic carboxylic acids is 1. The Labute approximate surface area is 131 Å². The van der Waals surface area contributed by atoms with E-state index in [2.05, 4.69) is 0 Å². The Hall–Kier alpha value is -1.14. The zero-order valence-electron chi connectivity index (χ0n) is 13.4. The highest BCUT2D eigenvalue weighted by molar-refractivity contribution is 5.79. The summed E-state index contributed by atoms with van der Waals surface area (Å²) in [5.41, 5.74) is -0.954. The highest BCUT2D eigenvalue weighted by atomic mass is 16.5. The van der Waals surface area contributed by atoms with Crippen molar-refractivity contribution in [2.24, 2.45) is 5.41 Å². The number of ether oxygens (including phenoxy) is 2. The lowest BCUT2D eigenvalue weighted by atomic mass is 9.80. The molecule has 1 amide bonds. The number of carbonyl (C=O) groups excluding carboxylic acids is 1.